The topological polar surface area (TPSA) is 74.6 Å². The van der Waals surface area contributed by atoms with Crippen LogP contribution in [0.2, 0.25) is 0 Å². The molecular weight excluding hydrogens is 304 g/mol. The molecule has 4 heteroatoms. The Morgan fingerprint density at radius 2 is 1.92 bits per heavy atom. The van der Waals surface area contributed by atoms with Crippen molar-refractivity contribution in [1.82, 2.24) is 0 Å². The van der Waals surface area contributed by atoms with Crippen LogP contribution < -0.4 is 0 Å². The lowest BCUT2D eigenvalue weighted by Gasteiger charge is -2.16. The van der Waals surface area contributed by atoms with E-state index < -0.39 is 12.1 Å². The zero-order chi connectivity index (χ0) is 17.8. The summed E-state index contributed by atoms with van der Waals surface area (Å²) in [6.45, 7) is 2.23. The van der Waals surface area contributed by atoms with E-state index in [0.29, 0.717) is 18.1 Å². The van der Waals surface area contributed by atoms with E-state index >= 15 is 0 Å². The van der Waals surface area contributed by atoms with Crippen molar-refractivity contribution in [3.05, 3.63) is 12.2 Å². The van der Waals surface area contributed by atoms with Gasteiger partial charge in [-0.05, 0) is 38.0 Å². The molecule has 4 nitrogen and oxygen atoms in total. The van der Waals surface area contributed by atoms with Gasteiger partial charge >= 0.3 is 5.97 Å². The molecule has 0 saturated heterocycles. The number of carboxylic acids is 1. The Bertz CT molecular complexity index is 402. The molecular formula is C20H34O4. The number of allylic oxidation sites excluding steroid dienone is 2. The first-order valence-corrected chi connectivity index (χ1v) is 9.64. The van der Waals surface area contributed by atoms with Gasteiger partial charge in [0.25, 0.3) is 0 Å². The number of carbonyl (C=O) groups excluding carboxylic acids is 1. The highest BCUT2D eigenvalue weighted by Gasteiger charge is 2.32. The van der Waals surface area contributed by atoms with Gasteiger partial charge in [-0.15, -0.1) is 0 Å². The van der Waals surface area contributed by atoms with Crippen molar-refractivity contribution in [2.75, 3.05) is 0 Å². The summed E-state index contributed by atoms with van der Waals surface area (Å²) in [6.07, 6.45) is 14.8. The lowest BCUT2D eigenvalue weighted by molar-refractivity contribution is -0.146. The highest BCUT2D eigenvalue weighted by Crippen LogP contribution is 2.35. The van der Waals surface area contributed by atoms with E-state index in [1.54, 1.807) is 0 Å². The predicted molar refractivity (Wildman–Crippen MR) is 95.8 cm³/mol. The fourth-order valence-electron chi connectivity index (χ4n) is 3.57. The van der Waals surface area contributed by atoms with Gasteiger partial charge in [0.1, 0.15) is 5.78 Å². The number of ketones is 1. The maximum absolute atomic E-state index is 12.1. The fourth-order valence-corrected chi connectivity index (χ4v) is 3.57. The summed E-state index contributed by atoms with van der Waals surface area (Å²) in [7, 11) is 0. The summed E-state index contributed by atoms with van der Waals surface area (Å²) in [4.78, 5) is 22.6. The average Bonchev–Trinajstić information content (AvgIpc) is 2.90. The lowest BCUT2D eigenvalue weighted by atomic mass is 9.87. The van der Waals surface area contributed by atoms with Crippen molar-refractivity contribution < 1.29 is 19.8 Å². The van der Waals surface area contributed by atoms with Crippen LogP contribution in [-0.4, -0.2) is 28.1 Å². The van der Waals surface area contributed by atoms with Gasteiger partial charge in [0, 0.05) is 12.3 Å². The molecule has 0 aromatic heterocycles. The first kappa shape index (κ1) is 20.9. The van der Waals surface area contributed by atoms with Crippen LogP contribution in [0, 0.1) is 11.8 Å². The summed E-state index contributed by atoms with van der Waals surface area (Å²) in [5.74, 6) is -0.103. The molecule has 1 aliphatic carbocycles. The maximum Gasteiger partial charge on any atom is 0.332 e. The van der Waals surface area contributed by atoms with Crippen molar-refractivity contribution in [3.63, 3.8) is 0 Å². The van der Waals surface area contributed by atoms with Crippen LogP contribution in [0.1, 0.15) is 84.0 Å². The minimum absolute atomic E-state index is 0.154. The molecule has 1 rings (SSSR count). The number of unbranched alkanes of at least 4 members (excludes halogenated alkanes) is 5. The second-order valence-corrected chi connectivity index (χ2v) is 7.07. The third-order valence-electron chi connectivity index (χ3n) is 5.12. The van der Waals surface area contributed by atoms with Crippen molar-refractivity contribution in [3.8, 4) is 0 Å². The largest absolute Gasteiger partial charge is 0.479 e. The van der Waals surface area contributed by atoms with Gasteiger partial charge in [0.15, 0.2) is 6.10 Å². The van der Waals surface area contributed by atoms with Crippen LogP contribution in [0.4, 0.5) is 0 Å². The fraction of sp³-hybridized carbons (Fsp3) is 0.800. The number of rotatable bonds is 13. The Labute approximate surface area is 146 Å². The van der Waals surface area contributed by atoms with Gasteiger partial charge in [-0.3, -0.25) is 4.79 Å². The second kappa shape index (κ2) is 12.2. The Hall–Kier alpha value is -1.16. The number of hydrogen-bond acceptors (Lipinski definition) is 3. The number of aliphatic hydroxyl groups excluding tert-OH is 1. The molecule has 1 aliphatic rings. The zero-order valence-corrected chi connectivity index (χ0v) is 15.1. The van der Waals surface area contributed by atoms with E-state index in [1.165, 1.54) is 38.5 Å². The molecule has 138 valence electrons. The molecule has 0 aromatic carbocycles. The highest BCUT2D eigenvalue weighted by atomic mass is 16.4. The van der Waals surface area contributed by atoms with Crippen LogP contribution in [0.5, 0.6) is 0 Å². The van der Waals surface area contributed by atoms with Crippen LogP contribution >= 0.6 is 0 Å². The van der Waals surface area contributed by atoms with Crippen LogP contribution in [0.15, 0.2) is 12.2 Å². The zero-order valence-electron chi connectivity index (χ0n) is 15.1. The average molecular weight is 338 g/mol. The van der Waals surface area contributed by atoms with Gasteiger partial charge in [0.2, 0.25) is 0 Å². The van der Waals surface area contributed by atoms with Gasteiger partial charge < -0.3 is 10.2 Å². The molecule has 0 heterocycles. The first-order valence-electron chi connectivity index (χ1n) is 9.64. The third kappa shape index (κ3) is 8.09. The maximum atomic E-state index is 12.1. The summed E-state index contributed by atoms with van der Waals surface area (Å²) < 4.78 is 0. The summed E-state index contributed by atoms with van der Waals surface area (Å²) in [6, 6.07) is 0. The molecule has 0 amide bonds. The number of aliphatic carboxylic acids is 1. The minimum atomic E-state index is -1.29. The SMILES string of the molecule is CCCCCCCC[C@H]1CCC(=O)[C@@H]1CC=CCCC(O)C(=O)O. The first-order chi connectivity index (χ1) is 11.6. The molecule has 3 atom stereocenters. The molecule has 1 unspecified atom stereocenters. The lowest BCUT2D eigenvalue weighted by Crippen LogP contribution is -2.18. The van der Waals surface area contributed by atoms with Gasteiger partial charge in [-0.1, -0.05) is 57.6 Å². The van der Waals surface area contributed by atoms with Crippen molar-refractivity contribution in [2.24, 2.45) is 11.8 Å². The number of Topliss-reactive ketones (excluding diaryl/α,β-unsaturated/α-hetero) is 1. The molecule has 2 N–H and O–H groups in total. The van der Waals surface area contributed by atoms with E-state index in [-0.39, 0.29) is 12.3 Å². The van der Waals surface area contributed by atoms with Crippen LogP contribution in [0.25, 0.3) is 0 Å². The van der Waals surface area contributed by atoms with Gasteiger partial charge in [-0.25, -0.2) is 4.79 Å². The van der Waals surface area contributed by atoms with E-state index in [0.717, 1.165) is 25.7 Å². The Balaban J connectivity index is 2.23. The minimum Gasteiger partial charge on any atom is -0.479 e. The smallest absolute Gasteiger partial charge is 0.332 e. The van der Waals surface area contributed by atoms with Crippen LogP contribution in [0.3, 0.4) is 0 Å². The van der Waals surface area contributed by atoms with Crippen molar-refractivity contribution in [2.45, 2.75) is 90.1 Å². The molecule has 0 spiro atoms. The van der Waals surface area contributed by atoms with Gasteiger partial charge in [0.05, 0.1) is 0 Å². The number of carboxylic acid groups (broad SMARTS) is 1. The van der Waals surface area contributed by atoms with E-state index in [1.807, 2.05) is 12.2 Å². The second-order valence-electron chi connectivity index (χ2n) is 7.07. The van der Waals surface area contributed by atoms with Gasteiger partial charge in [-0.2, -0.15) is 0 Å². The highest BCUT2D eigenvalue weighted by molar-refractivity contribution is 5.83. The van der Waals surface area contributed by atoms with E-state index in [2.05, 4.69) is 6.92 Å². The monoisotopic (exact) mass is 338 g/mol. The molecule has 1 fully saturated rings. The normalized spacial score (nSPS) is 22.3. The molecule has 0 bridgehead atoms. The standard InChI is InChI=1S/C20H34O4/c1-2-3-4-5-6-8-11-16-14-15-18(21)17(16)12-9-7-10-13-19(22)20(23)24/h7,9,16-17,19,22H,2-6,8,10-15H2,1H3,(H,23,24)/t16-,17+,19?/m0/s1. The quantitative estimate of drug-likeness (QED) is 0.383. The van der Waals surface area contributed by atoms with Crippen LogP contribution in [-0.2, 0) is 9.59 Å². The third-order valence-corrected chi connectivity index (χ3v) is 5.12. The predicted octanol–water partition coefficient (Wildman–Crippen LogP) is 4.50. The molecule has 0 aromatic rings. The molecule has 24 heavy (non-hydrogen) atoms. The molecule has 0 aliphatic heterocycles. The summed E-state index contributed by atoms with van der Waals surface area (Å²) >= 11 is 0. The number of hydrogen-bond donors (Lipinski definition) is 2. The molecule has 1 saturated carbocycles. The molecule has 0 radical (unpaired) electrons. The van der Waals surface area contributed by atoms with Crippen molar-refractivity contribution >= 4 is 11.8 Å². The van der Waals surface area contributed by atoms with E-state index in [4.69, 9.17) is 5.11 Å². The summed E-state index contributed by atoms with van der Waals surface area (Å²) in [5, 5.41) is 17.8. The number of aliphatic hydroxyl groups is 1. The Kier molecular flexibility index (Phi) is 10.6. The summed E-state index contributed by atoms with van der Waals surface area (Å²) in [5.41, 5.74) is 0. The number of carbonyl (C=O) groups is 2. The van der Waals surface area contributed by atoms with E-state index in [9.17, 15) is 14.7 Å². The Morgan fingerprint density at radius 1 is 1.21 bits per heavy atom. The Morgan fingerprint density at radius 3 is 2.62 bits per heavy atom. The van der Waals surface area contributed by atoms with Crippen molar-refractivity contribution in [1.29, 1.82) is 0 Å².